The lowest BCUT2D eigenvalue weighted by atomic mass is 10.2. The number of methoxy groups -OCH3 is 1. The molecule has 1 amide bonds. The van der Waals surface area contributed by atoms with Gasteiger partial charge < -0.3 is 15.2 Å². The number of rotatable bonds is 7. The van der Waals surface area contributed by atoms with Gasteiger partial charge in [-0.3, -0.25) is 4.79 Å². The molecule has 8 heteroatoms. The van der Waals surface area contributed by atoms with Gasteiger partial charge in [-0.05, 0) is 6.92 Å². The van der Waals surface area contributed by atoms with Gasteiger partial charge in [-0.15, -0.1) is 0 Å². The highest BCUT2D eigenvalue weighted by Crippen LogP contribution is 2.03. The van der Waals surface area contributed by atoms with Crippen LogP contribution in [0.1, 0.15) is 19.4 Å². The third-order valence-corrected chi connectivity index (χ3v) is 2.44. The monoisotopic (exact) mass is 256 g/mol. The number of carboxylic acids is 1. The van der Waals surface area contributed by atoms with Crippen LogP contribution in [0.25, 0.3) is 0 Å². The number of aromatic nitrogens is 3. The number of carbonyl (C=O) groups is 2. The fourth-order valence-corrected chi connectivity index (χ4v) is 1.32. The highest BCUT2D eigenvalue weighted by molar-refractivity contribution is 5.85. The highest BCUT2D eigenvalue weighted by Gasteiger charge is 2.23. The largest absolute Gasteiger partial charge is 0.480 e. The van der Waals surface area contributed by atoms with Gasteiger partial charge in [0.05, 0.1) is 0 Å². The number of amides is 1. The van der Waals surface area contributed by atoms with E-state index in [0.717, 1.165) is 0 Å². The van der Waals surface area contributed by atoms with E-state index in [-0.39, 0.29) is 13.0 Å². The lowest BCUT2D eigenvalue weighted by Gasteiger charge is -2.17. The van der Waals surface area contributed by atoms with E-state index >= 15 is 0 Å². The average Bonchev–Trinajstić information content (AvgIpc) is 2.86. The van der Waals surface area contributed by atoms with Gasteiger partial charge in [0.2, 0.25) is 5.91 Å². The minimum absolute atomic E-state index is 0.210. The number of carbonyl (C=O) groups excluding carboxylic acids is 1. The number of nitrogens with zero attached hydrogens (tertiary/aromatic N) is 3. The number of ether oxygens (including phenoxy) is 1. The number of hydrogen-bond donors (Lipinski definition) is 2. The van der Waals surface area contributed by atoms with Gasteiger partial charge in [0.15, 0.2) is 0 Å². The van der Waals surface area contributed by atoms with E-state index in [2.05, 4.69) is 15.4 Å². The summed E-state index contributed by atoms with van der Waals surface area (Å²) in [5.74, 6) is -1.52. The molecule has 2 N–H and O–H groups in total. The lowest BCUT2D eigenvalue weighted by Crippen LogP contribution is -2.44. The summed E-state index contributed by atoms with van der Waals surface area (Å²) in [6.07, 6.45) is 2.92. The van der Waals surface area contributed by atoms with Crippen LogP contribution in [0.3, 0.4) is 0 Å². The zero-order chi connectivity index (χ0) is 13.5. The smallest absolute Gasteiger partial charge is 0.326 e. The minimum atomic E-state index is -1.09. The Bertz CT molecular complexity index is 393. The van der Waals surface area contributed by atoms with Crippen molar-refractivity contribution in [3.05, 3.63) is 12.7 Å². The maximum atomic E-state index is 11.8. The van der Waals surface area contributed by atoms with Crippen LogP contribution in [0, 0.1) is 0 Å². The second kappa shape index (κ2) is 6.70. The van der Waals surface area contributed by atoms with Crippen LogP contribution < -0.4 is 5.32 Å². The first-order valence-corrected chi connectivity index (χ1v) is 5.42. The number of hydrogen-bond acceptors (Lipinski definition) is 5. The molecule has 0 aliphatic carbocycles. The van der Waals surface area contributed by atoms with Gasteiger partial charge >= 0.3 is 5.97 Å². The molecule has 0 aromatic carbocycles. The number of carboxylic acid groups (broad SMARTS) is 1. The van der Waals surface area contributed by atoms with Gasteiger partial charge in [0.25, 0.3) is 0 Å². The van der Waals surface area contributed by atoms with Crippen molar-refractivity contribution in [2.75, 3.05) is 13.7 Å². The van der Waals surface area contributed by atoms with Crippen molar-refractivity contribution in [1.82, 2.24) is 20.1 Å². The molecule has 0 saturated heterocycles. The van der Waals surface area contributed by atoms with Gasteiger partial charge in [-0.1, -0.05) is 0 Å². The zero-order valence-corrected chi connectivity index (χ0v) is 10.2. The van der Waals surface area contributed by atoms with E-state index in [9.17, 15) is 9.59 Å². The summed E-state index contributed by atoms with van der Waals surface area (Å²) >= 11 is 0. The van der Waals surface area contributed by atoms with Crippen molar-refractivity contribution in [2.45, 2.75) is 25.4 Å². The van der Waals surface area contributed by atoms with Crippen molar-refractivity contribution >= 4 is 11.9 Å². The third-order valence-electron chi connectivity index (χ3n) is 2.44. The maximum absolute atomic E-state index is 11.8. The first-order valence-electron chi connectivity index (χ1n) is 5.42. The molecule has 0 spiro atoms. The van der Waals surface area contributed by atoms with E-state index in [1.165, 1.54) is 24.4 Å². The highest BCUT2D eigenvalue weighted by atomic mass is 16.5. The Hall–Kier alpha value is -1.96. The van der Waals surface area contributed by atoms with Gasteiger partial charge in [-0.2, -0.15) is 5.10 Å². The first-order chi connectivity index (χ1) is 8.56. The van der Waals surface area contributed by atoms with Crippen molar-refractivity contribution in [3.8, 4) is 0 Å². The minimum Gasteiger partial charge on any atom is -0.480 e. The third kappa shape index (κ3) is 3.81. The summed E-state index contributed by atoms with van der Waals surface area (Å²) in [4.78, 5) is 26.5. The zero-order valence-electron chi connectivity index (χ0n) is 10.2. The fourth-order valence-electron chi connectivity index (χ4n) is 1.32. The Balaban J connectivity index is 2.58. The van der Waals surface area contributed by atoms with Crippen LogP contribution in [0.2, 0.25) is 0 Å². The van der Waals surface area contributed by atoms with E-state index < -0.39 is 24.0 Å². The van der Waals surface area contributed by atoms with E-state index in [0.29, 0.717) is 0 Å². The summed E-state index contributed by atoms with van der Waals surface area (Å²) in [5.41, 5.74) is 0. The molecule has 0 bridgehead atoms. The predicted octanol–water partition coefficient (Wildman–Crippen LogP) is -0.555. The second-order valence-corrected chi connectivity index (χ2v) is 3.73. The molecule has 0 saturated carbocycles. The fraction of sp³-hybridized carbons (Fsp3) is 0.600. The molecule has 1 aromatic heterocycles. The van der Waals surface area contributed by atoms with Crippen LogP contribution in [0.15, 0.2) is 12.7 Å². The molecular formula is C10H16N4O4. The van der Waals surface area contributed by atoms with Gasteiger partial charge in [-0.25, -0.2) is 14.5 Å². The van der Waals surface area contributed by atoms with Gasteiger partial charge in [0.1, 0.15) is 24.7 Å². The Morgan fingerprint density at radius 2 is 2.28 bits per heavy atom. The quantitative estimate of drug-likeness (QED) is 0.677. The Kier molecular flexibility index (Phi) is 5.25. The van der Waals surface area contributed by atoms with Crippen LogP contribution in [0.4, 0.5) is 0 Å². The maximum Gasteiger partial charge on any atom is 0.326 e. The summed E-state index contributed by atoms with van der Waals surface area (Å²) < 4.78 is 6.15. The van der Waals surface area contributed by atoms with Crippen molar-refractivity contribution in [1.29, 1.82) is 0 Å². The lowest BCUT2D eigenvalue weighted by molar-refractivity contribution is -0.142. The molecule has 1 heterocycles. The van der Waals surface area contributed by atoms with Crippen LogP contribution in [-0.2, 0) is 14.3 Å². The van der Waals surface area contributed by atoms with E-state index in [1.54, 1.807) is 6.92 Å². The molecule has 1 aromatic rings. The molecular weight excluding hydrogens is 240 g/mol. The van der Waals surface area contributed by atoms with E-state index in [4.69, 9.17) is 9.84 Å². The molecule has 8 nitrogen and oxygen atoms in total. The second-order valence-electron chi connectivity index (χ2n) is 3.73. The molecule has 2 atom stereocenters. The molecule has 0 aliphatic heterocycles. The summed E-state index contributed by atoms with van der Waals surface area (Å²) in [7, 11) is 1.47. The average molecular weight is 256 g/mol. The van der Waals surface area contributed by atoms with Crippen LogP contribution in [-0.4, -0.2) is 51.5 Å². The molecule has 18 heavy (non-hydrogen) atoms. The number of nitrogens with one attached hydrogen (secondary N) is 1. The molecule has 0 radical (unpaired) electrons. The predicted molar refractivity (Wildman–Crippen MR) is 60.8 cm³/mol. The standard InChI is InChI=1S/C10H16N4O4/c1-7(14-6-11-5-12-14)9(15)13-8(10(16)17)3-4-18-2/h5-8H,3-4H2,1-2H3,(H,13,15)(H,16,17). The van der Waals surface area contributed by atoms with Crippen molar-refractivity contribution in [3.63, 3.8) is 0 Å². The summed E-state index contributed by atoms with van der Waals surface area (Å²) in [6.45, 7) is 1.87. The van der Waals surface area contributed by atoms with Crippen molar-refractivity contribution < 1.29 is 19.4 Å². The van der Waals surface area contributed by atoms with Crippen LogP contribution >= 0.6 is 0 Å². The summed E-state index contributed by atoms with van der Waals surface area (Å²) in [6, 6.07) is -1.58. The van der Waals surface area contributed by atoms with Crippen molar-refractivity contribution in [2.24, 2.45) is 0 Å². The van der Waals surface area contributed by atoms with E-state index in [1.807, 2.05) is 0 Å². The molecule has 1 rings (SSSR count). The molecule has 0 fully saturated rings. The Morgan fingerprint density at radius 1 is 1.56 bits per heavy atom. The molecule has 0 aliphatic rings. The number of aliphatic carboxylic acids is 1. The first kappa shape index (κ1) is 14.1. The molecule has 100 valence electrons. The Morgan fingerprint density at radius 3 is 2.78 bits per heavy atom. The SMILES string of the molecule is COCCC(NC(=O)C(C)n1cncn1)C(=O)O. The van der Waals surface area contributed by atoms with Crippen LogP contribution in [0.5, 0.6) is 0 Å². The summed E-state index contributed by atoms with van der Waals surface area (Å²) in [5, 5.41) is 15.2. The normalized spacial score (nSPS) is 13.9. The topological polar surface area (TPSA) is 106 Å². The Labute approximate surface area is 104 Å². The molecule has 2 unspecified atom stereocenters. The van der Waals surface area contributed by atoms with Gasteiger partial charge in [0, 0.05) is 20.1 Å².